The Hall–Kier alpha value is -1.16. The van der Waals surface area contributed by atoms with Crippen molar-refractivity contribution in [3.05, 3.63) is 41.1 Å². The minimum absolute atomic E-state index is 0.222. The standard InChI is InChI=1S/C14H22NO4P/c1-5-18-20(17,19-6-2)14(3,4)15(16)12-13-10-8-7-9-11-13/h7-12H,5-6H2,1-4H3. The lowest BCUT2D eigenvalue weighted by Gasteiger charge is -2.30. The zero-order valence-corrected chi connectivity index (χ0v) is 13.3. The Kier molecular flexibility index (Phi) is 5.93. The number of nitrogens with zero attached hydrogens (tertiary/aromatic N) is 1. The van der Waals surface area contributed by atoms with Gasteiger partial charge in [0.2, 0.25) is 0 Å². The van der Waals surface area contributed by atoms with Gasteiger partial charge in [-0.05, 0) is 26.0 Å². The minimum atomic E-state index is -3.53. The summed E-state index contributed by atoms with van der Waals surface area (Å²) in [6, 6.07) is 9.12. The molecule has 20 heavy (non-hydrogen) atoms. The van der Waals surface area contributed by atoms with E-state index in [1.807, 2.05) is 18.2 Å². The first-order chi connectivity index (χ1) is 9.37. The lowest BCUT2D eigenvalue weighted by atomic mass is 10.2. The van der Waals surface area contributed by atoms with Crippen LogP contribution in [0.2, 0.25) is 0 Å². The van der Waals surface area contributed by atoms with E-state index in [1.165, 1.54) is 6.21 Å². The van der Waals surface area contributed by atoms with E-state index in [2.05, 4.69) is 0 Å². The number of hydroxylamine groups is 1. The van der Waals surface area contributed by atoms with Crippen LogP contribution < -0.4 is 0 Å². The van der Waals surface area contributed by atoms with Crippen LogP contribution in [0.1, 0.15) is 33.3 Å². The largest absolute Gasteiger partial charge is 0.623 e. The van der Waals surface area contributed by atoms with E-state index in [0.29, 0.717) is 4.74 Å². The summed E-state index contributed by atoms with van der Waals surface area (Å²) < 4.78 is 23.9. The minimum Gasteiger partial charge on any atom is -0.623 e. The highest BCUT2D eigenvalue weighted by atomic mass is 31.2. The highest BCUT2D eigenvalue weighted by Crippen LogP contribution is 2.59. The molecule has 0 aliphatic rings. The van der Waals surface area contributed by atoms with Gasteiger partial charge in [-0.25, -0.2) is 0 Å². The molecule has 0 N–H and O–H groups in total. The summed E-state index contributed by atoms with van der Waals surface area (Å²) >= 11 is 0. The first-order valence-electron chi connectivity index (χ1n) is 6.63. The molecule has 0 atom stereocenters. The Bertz CT molecular complexity index is 489. The van der Waals surface area contributed by atoms with E-state index >= 15 is 0 Å². The first kappa shape index (κ1) is 16.9. The SMILES string of the molecule is CCOP(=O)(OCC)C(C)(C)[N+]([O-])=Cc1ccccc1. The molecule has 1 aromatic rings. The van der Waals surface area contributed by atoms with Crippen LogP contribution >= 0.6 is 7.60 Å². The number of hydrogen-bond donors (Lipinski definition) is 0. The molecule has 0 amide bonds. The van der Waals surface area contributed by atoms with Crippen molar-refractivity contribution in [1.82, 2.24) is 0 Å². The molecule has 5 nitrogen and oxygen atoms in total. The summed E-state index contributed by atoms with van der Waals surface area (Å²) in [6.07, 6.45) is 1.39. The van der Waals surface area contributed by atoms with Crippen molar-refractivity contribution in [1.29, 1.82) is 0 Å². The zero-order chi connectivity index (χ0) is 15.2. The third kappa shape index (κ3) is 3.69. The molecule has 0 saturated heterocycles. The van der Waals surface area contributed by atoms with Crippen molar-refractivity contribution < 1.29 is 18.4 Å². The van der Waals surface area contributed by atoms with Crippen LogP contribution in [-0.2, 0) is 13.6 Å². The van der Waals surface area contributed by atoms with Crippen LogP contribution in [-0.4, -0.2) is 29.4 Å². The molecule has 0 spiro atoms. The topological polar surface area (TPSA) is 61.6 Å². The molecule has 0 fully saturated rings. The van der Waals surface area contributed by atoms with Crippen LogP contribution in [0.25, 0.3) is 0 Å². The van der Waals surface area contributed by atoms with Gasteiger partial charge in [0.1, 0.15) is 0 Å². The summed E-state index contributed by atoms with van der Waals surface area (Å²) in [5, 5.41) is 11.1. The Balaban J connectivity index is 3.12. The average molecular weight is 299 g/mol. The normalized spacial score (nSPS) is 13.5. The van der Waals surface area contributed by atoms with Crippen molar-refractivity contribution in [2.45, 2.75) is 33.0 Å². The Morgan fingerprint density at radius 1 is 1.20 bits per heavy atom. The summed E-state index contributed by atoms with van der Waals surface area (Å²) in [6.45, 7) is 7.01. The lowest BCUT2D eigenvalue weighted by molar-refractivity contribution is -0.510. The van der Waals surface area contributed by atoms with Gasteiger partial charge in [0.25, 0.3) is 5.28 Å². The van der Waals surface area contributed by atoms with Gasteiger partial charge in [0, 0.05) is 19.4 Å². The fraction of sp³-hybridized carbons (Fsp3) is 0.500. The lowest BCUT2D eigenvalue weighted by Crippen LogP contribution is -2.35. The van der Waals surface area contributed by atoms with Crippen LogP contribution in [0.5, 0.6) is 0 Å². The van der Waals surface area contributed by atoms with Gasteiger partial charge in [-0.3, -0.25) is 4.57 Å². The maximum atomic E-state index is 12.8. The van der Waals surface area contributed by atoms with Gasteiger partial charge in [0.05, 0.1) is 13.2 Å². The van der Waals surface area contributed by atoms with Gasteiger partial charge in [-0.15, -0.1) is 0 Å². The highest BCUT2D eigenvalue weighted by Gasteiger charge is 2.51. The van der Waals surface area contributed by atoms with Crippen LogP contribution in [0.4, 0.5) is 0 Å². The predicted molar refractivity (Wildman–Crippen MR) is 80.2 cm³/mol. The van der Waals surface area contributed by atoms with Gasteiger partial charge in [-0.2, -0.15) is 4.74 Å². The van der Waals surface area contributed by atoms with Crippen molar-refractivity contribution in [2.24, 2.45) is 0 Å². The van der Waals surface area contributed by atoms with Crippen LogP contribution in [0, 0.1) is 5.21 Å². The molecule has 112 valence electrons. The van der Waals surface area contributed by atoms with Gasteiger partial charge in [0.15, 0.2) is 6.21 Å². The molecule has 0 aromatic heterocycles. The molecule has 0 saturated carbocycles. The van der Waals surface area contributed by atoms with Crippen LogP contribution in [0.3, 0.4) is 0 Å². The highest BCUT2D eigenvalue weighted by molar-refractivity contribution is 7.55. The first-order valence-corrected chi connectivity index (χ1v) is 8.17. The summed E-state index contributed by atoms with van der Waals surface area (Å²) in [7, 11) is -3.53. The fourth-order valence-electron chi connectivity index (χ4n) is 1.65. The molecule has 0 bridgehead atoms. The Labute approximate surface area is 120 Å². The third-order valence-corrected chi connectivity index (χ3v) is 5.61. The number of hydrogen-bond acceptors (Lipinski definition) is 4. The van der Waals surface area contributed by atoms with Gasteiger partial charge in [-0.1, -0.05) is 18.2 Å². The predicted octanol–water partition coefficient (Wildman–Crippen LogP) is 3.62. The van der Waals surface area contributed by atoms with Crippen molar-refractivity contribution in [2.75, 3.05) is 13.2 Å². The second-order valence-electron chi connectivity index (χ2n) is 4.69. The van der Waals surface area contributed by atoms with Gasteiger partial charge >= 0.3 is 7.60 Å². The molecule has 0 radical (unpaired) electrons. The maximum absolute atomic E-state index is 12.8. The molecule has 0 unspecified atom stereocenters. The molecule has 0 aliphatic heterocycles. The summed E-state index contributed by atoms with van der Waals surface area (Å²) in [5.41, 5.74) is 0.732. The smallest absolute Gasteiger partial charge is 0.401 e. The van der Waals surface area contributed by atoms with Gasteiger partial charge < -0.3 is 14.3 Å². The average Bonchev–Trinajstić information content (AvgIpc) is 2.40. The van der Waals surface area contributed by atoms with E-state index < -0.39 is 12.9 Å². The summed E-state index contributed by atoms with van der Waals surface area (Å²) in [5.74, 6) is 0. The molecule has 0 aliphatic carbocycles. The number of rotatable bonds is 7. The summed E-state index contributed by atoms with van der Waals surface area (Å²) in [4.78, 5) is 0. The van der Waals surface area contributed by atoms with E-state index in [9.17, 15) is 9.77 Å². The molecular weight excluding hydrogens is 277 g/mol. The molecule has 6 heteroatoms. The second kappa shape index (κ2) is 7.02. The van der Waals surface area contributed by atoms with Crippen molar-refractivity contribution >= 4 is 13.8 Å². The Morgan fingerprint density at radius 2 is 1.70 bits per heavy atom. The quantitative estimate of drug-likeness (QED) is 0.254. The van der Waals surface area contributed by atoms with E-state index in [0.717, 1.165) is 5.56 Å². The molecule has 0 heterocycles. The molecular formula is C14H22NO4P. The van der Waals surface area contributed by atoms with E-state index in [4.69, 9.17) is 9.05 Å². The second-order valence-corrected chi connectivity index (χ2v) is 7.30. The number of benzene rings is 1. The Morgan fingerprint density at radius 3 is 2.15 bits per heavy atom. The molecule has 1 aromatic carbocycles. The zero-order valence-electron chi connectivity index (χ0n) is 12.4. The monoisotopic (exact) mass is 299 g/mol. The maximum Gasteiger partial charge on any atom is 0.401 e. The third-order valence-electron chi connectivity index (χ3n) is 2.87. The van der Waals surface area contributed by atoms with Crippen molar-refractivity contribution in [3.63, 3.8) is 0 Å². The van der Waals surface area contributed by atoms with Crippen LogP contribution in [0.15, 0.2) is 30.3 Å². The van der Waals surface area contributed by atoms with E-state index in [-0.39, 0.29) is 13.2 Å². The van der Waals surface area contributed by atoms with E-state index in [1.54, 1.807) is 39.8 Å². The fourth-order valence-corrected chi connectivity index (χ4v) is 3.33. The van der Waals surface area contributed by atoms with Crippen molar-refractivity contribution in [3.8, 4) is 0 Å². The molecule has 1 rings (SSSR count).